The molecule has 106 valence electrons. The number of nitrogens with zero attached hydrogens (tertiary/aromatic N) is 2. The normalized spacial score (nSPS) is 10.5. The van der Waals surface area contributed by atoms with E-state index in [1.54, 1.807) is 6.20 Å². The largest absolute Gasteiger partial charge is 0.344 e. The van der Waals surface area contributed by atoms with Gasteiger partial charge in [0.2, 0.25) is 0 Å². The van der Waals surface area contributed by atoms with Gasteiger partial charge in [0.05, 0.1) is 5.69 Å². The fraction of sp³-hybridized carbons (Fsp3) is 0.125. The van der Waals surface area contributed by atoms with Crippen LogP contribution in [0.5, 0.6) is 0 Å². The lowest BCUT2D eigenvalue weighted by Gasteiger charge is -2.08. The van der Waals surface area contributed by atoms with Gasteiger partial charge in [-0.2, -0.15) is 5.10 Å². The Kier molecular flexibility index (Phi) is 3.55. The molecule has 2 N–H and O–H groups in total. The van der Waals surface area contributed by atoms with Crippen molar-refractivity contribution in [2.45, 2.75) is 13.5 Å². The van der Waals surface area contributed by atoms with Gasteiger partial charge in [-0.25, -0.2) is 0 Å². The number of aromatic nitrogens is 3. The number of benzene rings is 1. The van der Waals surface area contributed by atoms with Crippen LogP contribution in [-0.2, 0) is 6.54 Å². The molecule has 3 aromatic rings. The number of nitrogens with one attached hydrogen (secondary N) is 2. The van der Waals surface area contributed by atoms with Crippen LogP contribution in [0, 0.1) is 0 Å². The van der Waals surface area contributed by atoms with E-state index in [2.05, 4.69) is 15.5 Å². The van der Waals surface area contributed by atoms with E-state index in [1.165, 1.54) is 0 Å². The second-order valence-electron chi connectivity index (χ2n) is 4.68. The topological polar surface area (TPSA) is 62.7 Å². The molecule has 0 unspecified atom stereocenters. The molecule has 5 nitrogen and oxygen atoms in total. The standard InChI is InChI=1S/C16H16N4O/c1-2-20-11-3-4-15(20)16(21)18-13-7-5-12(6-8-13)14-9-10-17-19-14/h3-11H,2H2,1H3,(H,17,19)(H,18,21). The van der Waals surface area contributed by atoms with Crippen molar-refractivity contribution >= 4 is 11.6 Å². The third-order valence-corrected chi connectivity index (χ3v) is 3.36. The van der Waals surface area contributed by atoms with Crippen LogP contribution in [0.15, 0.2) is 54.9 Å². The molecule has 21 heavy (non-hydrogen) atoms. The van der Waals surface area contributed by atoms with E-state index < -0.39 is 0 Å². The zero-order valence-electron chi connectivity index (χ0n) is 11.7. The molecule has 2 aromatic heterocycles. The Morgan fingerprint density at radius 2 is 2.05 bits per heavy atom. The molecule has 0 bridgehead atoms. The maximum absolute atomic E-state index is 12.2. The highest BCUT2D eigenvalue weighted by Gasteiger charge is 2.10. The first kappa shape index (κ1) is 13.2. The van der Waals surface area contributed by atoms with Gasteiger partial charge in [-0.1, -0.05) is 12.1 Å². The minimum absolute atomic E-state index is 0.101. The maximum Gasteiger partial charge on any atom is 0.272 e. The molecule has 3 rings (SSSR count). The van der Waals surface area contributed by atoms with Crippen LogP contribution >= 0.6 is 0 Å². The van der Waals surface area contributed by atoms with Gasteiger partial charge in [-0.3, -0.25) is 9.89 Å². The van der Waals surface area contributed by atoms with Gasteiger partial charge in [0.25, 0.3) is 5.91 Å². The van der Waals surface area contributed by atoms with Crippen LogP contribution in [0.4, 0.5) is 5.69 Å². The summed E-state index contributed by atoms with van der Waals surface area (Å²) in [5, 5.41) is 9.74. The van der Waals surface area contributed by atoms with Crippen molar-refractivity contribution in [3.63, 3.8) is 0 Å². The van der Waals surface area contributed by atoms with Crippen LogP contribution in [-0.4, -0.2) is 20.7 Å². The molecule has 0 aliphatic rings. The van der Waals surface area contributed by atoms with Crippen molar-refractivity contribution in [3.05, 3.63) is 60.6 Å². The third kappa shape index (κ3) is 2.72. The first-order chi connectivity index (χ1) is 10.3. The third-order valence-electron chi connectivity index (χ3n) is 3.36. The molecule has 0 fully saturated rings. The molecular formula is C16H16N4O. The lowest BCUT2D eigenvalue weighted by Crippen LogP contribution is -2.16. The van der Waals surface area contributed by atoms with Gasteiger partial charge in [-0.05, 0) is 42.8 Å². The summed E-state index contributed by atoms with van der Waals surface area (Å²) in [6.07, 6.45) is 3.61. The lowest BCUT2D eigenvalue weighted by atomic mass is 10.1. The van der Waals surface area contributed by atoms with Crippen LogP contribution in [0.1, 0.15) is 17.4 Å². The summed E-state index contributed by atoms with van der Waals surface area (Å²) in [6, 6.07) is 13.3. The van der Waals surface area contributed by atoms with Crippen LogP contribution in [0.2, 0.25) is 0 Å². The SMILES string of the molecule is CCn1cccc1C(=O)Nc1ccc(-c2ccn[nH]2)cc1. The molecule has 0 radical (unpaired) electrons. The van der Waals surface area contributed by atoms with Crippen LogP contribution in [0.3, 0.4) is 0 Å². The van der Waals surface area contributed by atoms with Gasteiger partial charge in [0.1, 0.15) is 5.69 Å². The second kappa shape index (κ2) is 5.66. The molecule has 1 amide bonds. The minimum atomic E-state index is -0.101. The predicted octanol–water partition coefficient (Wildman–Crippen LogP) is 3.15. The number of aromatic amines is 1. The Balaban J connectivity index is 1.75. The number of H-pyrrole nitrogens is 1. The first-order valence-corrected chi connectivity index (χ1v) is 6.84. The number of hydrogen-bond donors (Lipinski definition) is 2. The lowest BCUT2D eigenvalue weighted by molar-refractivity contribution is 0.101. The van der Waals surface area contributed by atoms with Crippen molar-refractivity contribution < 1.29 is 4.79 Å². The molecule has 0 saturated carbocycles. The number of hydrogen-bond acceptors (Lipinski definition) is 2. The van der Waals surface area contributed by atoms with Crippen LogP contribution < -0.4 is 5.32 Å². The van der Waals surface area contributed by atoms with Crippen molar-refractivity contribution in [1.82, 2.24) is 14.8 Å². The van der Waals surface area contributed by atoms with Crippen molar-refractivity contribution in [1.29, 1.82) is 0 Å². The van der Waals surface area contributed by atoms with Gasteiger partial charge in [-0.15, -0.1) is 0 Å². The minimum Gasteiger partial charge on any atom is -0.344 e. The van der Waals surface area contributed by atoms with E-state index in [0.717, 1.165) is 23.5 Å². The fourth-order valence-corrected chi connectivity index (χ4v) is 2.24. The number of carbonyl (C=O) groups is 1. The summed E-state index contributed by atoms with van der Waals surface area (Å²) in [5.41, 5.74) is 3.41. The number of anilines is 1. The molecule has 1 aromatic carbocycles. The average molecular weight is 280 g/mol. The van der Waals surface area contributed by atoms with Crippen LogP contribution in [0.25, 0.3) is 11.3 Å². The quantitative estimate of drug-likeness (QED) is 0.771. The predicted molar refractivity (Wildman–Crippen MR) is 82.1 cm³/mol. The Hall–Kier alpha value is -2.82. The van der Waals surface area contributed by atoms with Crippen molar-refractivity contribution in [3.8, 4) is 11.3 Å². The van der Waals surface area contributed by atoms with Crippen molar-refractivity contribution in [2.75, 3.05) is 5.32 Å². The zero-order chi connectivity index (χ0) is 14.7. The first-order valence-electron chi connectivity index (χ1n) is 6.84. The Morgan fingerprint density at radius 1 is 1.24 bits per heavy atom. The molecule has 0 spiro atoms. The summed E-state index contributed by atoms with van der Waals surface area (Å²) in [7, 11) is 0. The summed E-state index contributed by atoms with van der Waals surface area (Å²) in [4.78, 5) is 12.2. The summed E-state index contributed by atoms with van der Waals surface area (Å²) in [6.45, 7) is 2.78. The summed E-state index contributed by atoms with van der Waals surface area (Å²) < 4.78 is 1.91. The molecule has 0 atom stereocenters. The smallest absolute Gasteiger partial charge is 0.272 e. The highest BCUT2D eigenvalue weighted by atomic mass is 16.1. The number of carbonyl (C=O) groups excluding carboxylic acids is 1. The Labute approximate surface area is 122 Å². The highest BCUT2D eigenvalue weighted by Crippen LogP contribution is 2.19. The molecule has 0 aliphatic carbocycles. The zero-order valence-corrected chi connectivity index (χ0v) is 11.7. The van der Waals surface area contributed by atoms with E-state index >= 15 is 0 Å². The van der Waals surface area contributed by atoms with E-state index in [-0.39, 0.29) is 5.91 Å². The monoisotopic (exact) mass is 280 g/mol. The number of rotatable bonds is 4. The van der Waals surface area contributed by atoms with Gasteiger partial charge in [0.15, 0.2) is 0 Å². The maximum atomic E-state index is 12.2. The van der Waals surface area contributed by atoms with E-state index in [0.29, 0.717) is 5.69 Å². The van der Waals surface area contributed by atoms with Gasteiger partial charge >= 0.3 is 0 Å². The molecular weight excluding hydrogens is 264 g/mol. The van der Waals surface area contributed by atoms with E-state index in [4.69, 9.17) is 0 Å². The second-order valence-corrected chi connectivity index (χ2v) is 4.68. The average Bonchev–Trinajstić information content (AvgIpc) is 3.19. The molecule has 0 aliphatic heterocycles. The molecule has 5 heteroatoms. The fourth-order valence-electron chi connectivity index (χ4n) is 2.24. The van der Waals surface area contributed by atoms with E-state index in [9.17, 15) is 4.79 Å². The number of amides is 1. The van der Waals surface area contributed by atoms with Gasteiger partial charge in [0, 0.05) is 24.6 Å². The highest BCUT2D eigenvalue weighted by molar-refractivity contribution is 6.03. The van der Waals surface area contributed by atoms with E-state index in [1.807, 2.05) is 60.2 Å². The number of aryl methyl sites for hydroxylation is 1. The molecule has 0 saturated heterocycles. The summed E-state index contributed by atoms with van der Waals surface area (Å²) in [5.74, 6) is -0.101. The van der Waals surface area contributed by atoms with Crippen molar-refractivity contribution in [2.24, 2.45) is 0 Å². The van der Waals surface area contributed by atoms with Gasteiger partial charge < -0.3 is 9.88 Å². The molecule has 2 heterocycles. The summed E-state index contributed by atoms with van der Waals surface area (Å²) >= 11 is 0. The Bertz CT molecular complexity index is 726. The Morgan fingerprint density at radius 3 is 2.71 bits per heavy atom.